The van der Waals surface area contributed by atoms with Gasteiger partial charge in [-0.15, -0.1) is 0 Å². The number of halogens is 1. The fourth-order valence-corrected chi connectivity index (χ4v) is 1.37. The Morgan fingerprint density at radius 2 is 2.00 bits per heavy atom. The molecule has 0 saturated carbocycles. The number of carbonyl (C=O) groups excluding carboxylic acids is 1. The number of hydrogen-bond acceptors (Lipinski definition) is 3. The molecule has 0 aliphatic heterocycles. The summed E-state index contributed by atoms with van der Waals surface area (Å²) in [6.45, 7) is 0. The van der Waals surface area contributed by atoms with E-state index in [1.54, 1.807) is 37.4 Å². The zero-order valence-corrected chi connectivity index (χ0v) is 10.4. The molecular formula is C13H11ClN2O2. The number of amides is 1. The normalized spacial score (nSPS) is 11.8. The van der Waals surface area contributed by atoms with E-state index in [-0.39, 0.29) is 5.57 Å². The Morgan fingerprint density at radius 1 is 1.39 bits per heavy atom. The van der Waals surface area contributed by atoms with E-state index in [0.29, 0.717) is 10.8 Å². The van der Waals surface area contributed by atoms with Crippen molar-refractivity contribution in [2.45, 2.75) is 0 Å². The summed E-state index contributed by atoms with van der Waals surface area (Å²) >= 11 is 6.02. The van der Waals surface area contributed by atoms with Crippen LogP contribution in [-0.4, -0.2) is 13.0 Å². The lowest BCUT2D eigenvalue weighted by Crippen LogP contribution is -2.12. The van der Waals surface area contributed by atoms with Crippen LogP contribution >= 0.6 is 11.6 Å². The van der Waals surface area contributed by atoms with Gasteiger partial charge >= 0.3 is 0 Å². The van der Waals surface area contributed by atoms with Crippen LogP contribution in [0.3, 0.4) is 0 Å². The topological polar surface area (TPSA) is 76.1 Å². The Kier molecular flexibility index (Phi) is 4.97. The standard InChI is InChI=1S/C13H11ClN2O2/c1-18-11-5-2-9(3-6-11)12(14)7-4-10(8-15)13(16)17/h2-7H,1H3,(H2,16,17). The molecule has 5 heteroatoms. The van der Waals surface area contributed by atoms with Crippen LogP contribution < -0.4 is 10.5 Å². The smallest absolute Gasteiger partial charge is 0.259 e. The Labute approximate surface area is 110 Å². The molecule has 0 atom stereocenters. The molecule has 0 unspecified atom stereocenters. The van der Waals surface area contributed by atoms with E-state index in [1.807, 2.05) is 0 Å². The molecule has 0 spiro atoms. The van der Waals surface area contributed by atoms with E-state index in [2.05, 4.69) is 0 Å². The first kappa shape index (κ1) is 13.8. The van der Waals surface area contributed by atoms with Crippen LogP contribution in [0.4, 0.5) is 0 Å². The summed E-state index contributed by atoms with van der Waals surface area (Å²) in [5.41, 5.74) is 5.59. The second-order valence-electron chi connectivity index (χ2n) is 3.30. The van der Waals surface area contributed by atoms with Gasteiger partial charge in [-0.25, -0.2) is 0 Å². The molecule has 0 heterocycles. The minimum Gasteiger partial charge on any atom is -0.497 e. The summed E-state index contributed by atoms with van der Waals surface area (Å²) in [7, 11) is 1.57. The van der Waals surface area contributed by atoms with Gasteiger partial charge in [0.05, 0.1) is 7.11 Å². The summed E-state index contributed by atoms with van der Waals surface area (Å²) in [4.78, 5) is 10.8. The third-order valence-corrected chi connectivity index (χ3v) is 2.49. The van der Waals surface area contributed by atoms with Gasteiger partial charge in [0.15, 0.2) is 0 Å². The van der Waals surface area contributed by atoms with Crippen molar-refractivity contribution < 1.29 is 9.53 Å². The van der Waals surface area contributed by atoms with Gasteiger partial charge in [-0.2, -0.15) is 5.26 Å². The molecule has 0 saturated heterocycles. The van der Waals surface area contributed by atoms with E-state index in [9.17, 15) is 4.79 Å². The first-order valence-electron chi connectivity index (χ1n) is 5.00. The summed E-state index contributed by atoms with van der Waals surface area (Å²) in [6, 6.07) is 8.74. The molecule has 0 aromatic heterocycles. The van der Waals surface area contributed by atoms with Gasteiger partial charge in [0.25, 0.3) is 5.91 Å². The second-order valence-corrected chi connectivity index (χ2v) is 3.71. The average Bonchev–Trinajstić information content (AvgIpc) is 2.39. The minimum absolute atomic E-state index is 0.151. The summed E-state index contributed by atoms with van der Waals surface area (Å²) in [5, 5.41) is 9.04. The first-order chi connectivity index (χ1) is 8.58. The number of nitriles is 1. The maximum absolute atomic E-state index is 10.8. The fourth-order valence-electron chi connectivity index (χ4n) is 1.18. The number of primary amides is 1. The lowest BCUT2D eigenvalue weighted by molar-refractivity contribution is -0.114. The average molecular weight is 263 g/mol. The highest BCUT2D eigenvalue weighted by molar-refractivity contribution is 6.48. The number of carbonyl (C=O) groups is 1. The fraction of sp³-hybridized carbons (Fsp3) is 0.0769. The number of benzene rings is 1. The van der Waals surface area contributed by atoms with Crippen LogP contribution in [0, 0.1) is 11.3 Å². The predicted octanol–water partition coefficient (Wildman–Crippen LogP) is 2.21. The van der Waals surface area contributed by atoms with E-state index < -0.39 is 5.91 Å². The molecule has 92 valence electrons. The number of hydrogen-bond donors (Lipinski definition) is 1. The highest BCUT2D eigenvalue weighted by Crippen LogP contribution is 2.21. The van der Waals surface area contributed by atoms with Crippen molar-refractivity contribution in [3.63, 3.8) is 0 Å². The van der Waals surface area contributed by atoms with Gasteiger partial charge in [-0.05, 0) is 42.0 Å². The molecule has 0 bridgehead atoms. The van der Waals surface area contributed by atoms with Crippen molar-refractivity contribution in [3.05, 3.63) is 47.6 Å². The molecule has 0 aliphatic carbocycles. The van der Waals surface area contributed by atoms with Gasteiger partial charge in [0.1, 0.15) is 17.4 Å². The molecule has 4 nitrogen and oxygen atoms in total. The zero-order valence-electron chi connectivity index (χ0n) is 9.68. The van der Waals surface area contributed by atoms with E-state index in [4.69, 9.17) is 27.3 Å². The molecule has 0 radical (unpaired) electrons. The molecule has 1 rings (SSSR count). The van der Waals surface area contributed by atoms with Crippen molar-refractivity contribution >= 4 is 22.5 Å². The Balaban J connectivity index is 2.96. The van der Waals surface area contributed by atoms with E-state index in [0.717, 1.165) is 5.56 Å². The quantitative estimate of drug-likeness (QED) is 0.513. The van der Waals surface area contributed by atoms with Crippen LogP contribution in [-0.2, 0) is 4.79 Å². The van der Waals surface area contributed by atoms with Gasteiger partial charge in [-0.1, -0.05) is 11.6 Å². The SMILES string of the molecule is COc1ccc(C(Cl)=CC=C(C#N)C(N)=O)cc1. The maximum atomic E-state index is 10.8. The van der Waals surface area contributed by atoms with Gasteiger partial charge in [0, 0.05) is 5.03 Å². The highest BCUT2D eigenvalue weighted by atomic mass is 35.5. The van der Waals surface area contributed by atoms with Gasteiger partial charge < -0.3 is 10.5 Å². The zero-order chi connectivity index (χ0) is 13.5. The lowest BCUT2D eigenvalue weighted by Gasteiger charge is -2.01. The summed E-state index contributed by atoms with van der Waals surface area (Å²) < 4.78 is 5.02. The van der Waals surface area contributed by atoms with Crippen LogP contribution in [0.2, 0.25) is 0 Å². The van der Waals surface area contributed by atoms with Crippen LogP contribution in [0.5, 0.6) is 5.75 Å². The number of ether oxygens (including phenoxy) is 1. The highest BCUT2D eigenvalue weighted by Gasteiger charge is 2.02. The molecule has 1 aromatic carbocycles. The summed E-state index contributed by atoms with van der Waals surface area (Å²) in [6.07, 6.45) is 2.74. The van der Waals surface area contributed by atoms with Crippen molar-refractivity contribution in [2.75, 3.05) is 7.11 Å². The molecule has 2 N–H and O–H groups in total. The Bertz CT molecular complexity index is 539. The van der Waals surface area contributed by atoms with Crippen LogP contribution in [0.25, 0.3) is 5.03 Å². The minimum atomic E-state index is -0.784. The third kappa shape index (κ3) is 3.65. The monoisotopic (exact) mass is 262 g/mol. The Hall–Kier alpha value is -2.25. The molecule has 0 fully saturated rings. The maximum Gasteiger partial charge on any atom is 0.259 e. The van der Waals surface area contributed by atoms with E-state index >= 15 is 0 Å². The van der Waals surface area contributed by atoms with Gasteiger partial charge in [0.2, 0.25) is 0 Å². The van der Waals surface area contributed by atoms with Crippen LogP contribution in [0.1, 0.15) is 5.56 Å². The summed E-state index contributed by atoms with van der Waals surface area (Å²) in [5.74, 6) is -0.0680. The van der Waals surface area contributed by atoms with Crippen molar-refractivity contribution in [2.24, 2.45) is 5.73 Å². The molecule has 1 amide bonds. The molecule has 18 heavy (non-hydrogen) atoms. The number of allylic oxidation sites excluding steroid dienone is 2. The number of methoxy groups -OCH3 is 1. The molecular weight excluding hydrogens is 252 g/mol. The lowest BCUT2D eigenvalue weighted by atomic mass is 10.2. The number of rotatable bonds is 4. The Morgan fingerprint density at radius 3 is 2.44 bits per heavy atom. The van der Waals surface area contributed by atoms with Crippen LogP contribution in [0.15, 0.2) is 42.0 Å². The molecule has 0 aliphatic rings. The largest absolute Gasteiger partial charge is 0.497 e. The van der Waals surface area contributed by atoms with Crippen molar-refractivity contribution in [1.82, 2.24) is 0 Å². The van der Waals surface area contributed by atoms with Crippen molar-refractivity contribution in [1.29, 1.82) is 5.26 Å². The first-order valence-corrected chi connectivity index (χ1v) is 5.38. The predicted molar refractivity (Wildman–Crippen MR) is 69.7 cm³/mol. The second kappa shape index (κ2) is 6.48. The van der Waals surface area contributed by atoms with Gasteiger partial charge in [-0.3, -0.25) is 4.79 Å². The third-order valence-electron chi connectivity index (χ3n) is 2.15. The molecule has 1 aromatic rings. The number of nitrogens with zero attached hydrogens (tertiary/aromatic N) is 1. The van der Waals surface area contributed by atoms with E-state index in [1.165, 1.54) is 12.2 Å². The number of nitrogens with two attached hydrogens (primary N) is 1. The van der Waals surface area contributed by atoms with Crippen molar-refractivity contribution in [3.8, 4) is 11.8 Å².